The van der Waals surface area contributed by atoms with E-state index in [9.17, 15) is 4.79 Å². The molecule has 0 heterocycles. The average molecular weight is 209 g/mol. The van der Waals surface area contributed by atoms with Crippen LogP contribution in [0.25, 0.3) is 0 Å². The van der Waals surface area contributed by atoms with E-state index in [0.717, 1.165) is 11.8 Å². The van der Waals surface area contributed by atoms with Crippen LogP contribution in [0.5, 0.6) is 0 Å². The summed E-state index contributed by atoms with van der Waals surface area (Å²) in [5.41, 5.74) is 1.04. The topological polar surface area (TPSA) is 20.3 Å². The zero-order valence-electron chi connectivity index (χ0n) is 8.73. The maximum atomic E-state index is 10.9. The Hall–Kier alpha value is -0.800. The Morgan fingerprint density at radius 1 is 1.29 bits per heavy atom. The van der Waals surface area contributed by atoms with Crippen molar-refractivity contribution in [2.75, 3.05) is 20.4 Å². The van der Waals surface area contributed by atoms with E-state index in [-0.39, 0.29) is 6.04 Å². The zero-order valence-corrected chi connectivity index (χ0v) is 9.54. The quantitative estimate of drug-likeness (QED) is 0.560. The fraction of sp³-hybridized carbons (Fsp3) is 0.364. The van der Waals surface area contributed by atoms with Crippen LogP contribution in [0, 0.1) is 0 Å². The Balaban J connectivity index is 2.89. The summed E-state index contributed by atoms with van der Waals surface area (Å²) in [6.45, 7) is 0. The smallest absolute Gasteiger partial charge is 0.141 e. The van der Waals surface area contributed by atoms with E-state index < -0.39 is 0 Å². The fourth-order valence-electron chi connectivity index (χ4n) is 1.30. The van der Waals surface area contributed by atoms with Crippen LogP contribution in [-0.2, 0) is 4.79 Å². The van der Waals surface area contributed by atoms with Crippen molar-refractivity contribution in [3.05, 3.63) is 29.8 Å². The molecule has 0 aliphatic heterocycles. The molecule has 0 amide bonds. The highest BCUT2D eigenvalue weighted by atomic mass is 32.2. The zero-order chi connectivity index (χ0) is 10.6. The van der Waals surface area contributed by atoms with Crippen LogP contribution in [0.3, 0.4) is 0 Å². The predicted octanol–water partition coefficient (Wildman–Crippen LogP) is 2.21. The third-order valence-electron chi connectivity index (χ3n) is 2.14. The number of carbonyl (C=O) groups excluding carboxylic acids is 1. The second kappa shape index (κ2) is 5.17. The second-order valence-corrected chi connectivity index (χ2v) is 4.20. The van der Waals surface area contributed by atoms with Gasteiger partial charge in [-0.2, -0.15) is 0 Å². The number of aldehydes is 1. The molecule has 14 heavy (non-hydrogen) atoms. The first-order valence-corrected chi connectivity index (χ1v) is 5.67. The van der Waals surface area contributed by atoms with Crippen molar-refractivity contribution in [2.24, 2.45) is 0 Å². The van der Waals surface area contributed by atoms with Gasteiger partial charge in [0, 0.05) is 4.90 Å². The minimum atomic E-state index is -0.133. The number of thioether (sulfide) groups is 1. The highest BCUT2D eigenvalue weighted by molar-refractivity contribution is 7.98. The van der Waals surface area contributed by atoms with Crippen molar-refractivity contribution in [1.29, 1.82) is 0 Å². The number of rotatable bonds is 4. The molecule has 0 N–H and O–H groups in total. The molecule has 0 saturated carbocycles. The van der Waals surface area contributed by atoms with Crippen molar-refractivity contribution in [1.82, 2.24) is 4.90 Å². The number of benzene rings is 1. The van der Waals surface area contributed by atoms with E-state index in [2.05, 4.69) is 0 Å². The Kier molecular flexibility index (Phi) is 4.17. The van der Waals surface area contributed by atoms with Gasteiger partial charge >= 0.3 is 0 Å². The van der Waals surface area contributed by atoms with Crippen molar-refractivity contribution in [2.45, 2.75) is 10.9 Å². The molecule has 0 bridgehead atoms. The molecule has 1 aromatic carbocycles. The molecule has 0 spiro atoms. The van der Waals surface area contributed by atoms with Gasteiger partial charge in [-0.05, 0) is 38.0 Å². The summed E-state index contributed by atoms with van der Waals surface area (Å²) < 4.78 is 0. The Morgan fingerprint density at radius 3 is 2.21 bits per heavy atom. The maximum absolute atomic E-state index is 10.9. The summed E-state index contributed by atoms with van der Waals surface area (Å²) in [5.74, 6) is 0. The lowest BCUT2D eigenvalue weighted by molar-refractivity contribution is -0.111. The molecular formula is C11H15NOS. The summed E-state index contributed by atoms with van der Waals surface area (Å²) in [6.07, 6.45) is 3.01. The highest BCUT2D eigenvalue weighted by Gasteiger charge is 2.11. The number of hydrogen-bond acceptors (Lipinski definition) is 3. The first kappa shape index (κ1) is 11.3. The Labute approximate surface area is 89.3 Å². The van der Waals surface area contributed by atoms with Crippen LogP contribution >= 0.6 is 11.8 Å². The van der Waals surface area contributed by atoms with Gasteiger partial charge in [-0.25, -0.2) is 0 Å². The van der Waals surface area contributed by atoms with E-state index in [4.69, 9.17) is 0 Å². The predicted molar refractivity (Wildman–Crippen MR) is 60.7 cm³/mol. The van der Waals surface area contributed by atoms with Crippen LogP contribution in [0.2, 0.25) is 0 Å². The summed E-state index contributed by atoms with van der Waals surface area (Å²) in [5, 5.41) is 0. The van der Waals surface area contributed by atoms with Crippen molar-refractivity contribution in [3.8, 4) is 0 Å². The third kappa shape index (κ3) is 2.59. The second-order valence-electron chi connectivity index (χ2n) is 3.32. The summed E-state index contributed by atoms with van der Waals surface area (Å²) in [4.78, 5) is 14.0. The largest absolute Gasteiger partial charge is 0.301 e. The van der Waals surface area contributed by atoms with Crippen LogP contribution in [0.4, 0.5) is 0 Å². The number of nitrogens with zero attached hydrogens (tertiary/aromatic N) is 1. The molecule has 0 aliphatic rings. The number of hydrogen-bond donors (Lipinski definition) is 0. The molecule has 0 radical (unpaired) electrons. The van der Waals surface area contributed by atoms with Gasteiger partial charge in [0.25, 0.3) is 0 Å². The van der Waals surface area contributed by atoms with Gasteiger partial charge in [0.05, 0.1) is 6.04 Å². The van der Waals surface area contributed by atoms with Gasteiger partial charge < -0.3 is 4.79 Å². The monoisotopic (exact) mass is 209 g/mol. The van der Waals surface area contributed by atoms with Gasteiger partial charge in [0.1, 0.15) is 6.29 Å². The maximum Gasteiger partial charge on any atom is 0.141 e. The molecule has 0 saturated heterocycles. The molecule has 76 valence electrons. The molecule has 1 unspecified atom stereocenters. The van der Waals surface area contributed by atoms with Gasteiger partial charge in [0.2, 0.25) is 0 Å². The number of carbonyl (C=O) groups is 1. The molecule has 1 atom stereocenters. The van der Waals surface area contributed by atoms with E-state index in [1.807, 2.05) is 49.5 Å². The van der Waals surface area contributed by atoms with Gasteiger partial charge in [-0.15, -0.1) is 11.8 Å². The summed E-state index contributed by atoms with van der Waals surface area (Å²) in [7, 11) is 3.81. The van der Waals surface area contributed by atoms with Gasteiger partial charge in [0.15, 0.2) is 0 Å². The molecule has 2 nitrogen and oxygen atoms in total. The molecule has 0 aliphatic carbocycles. The van der Waals surface area contributed by atoms with E-state index in [0.29, 0.717) is 0 Å². The minimum absolute atomic E-state index is 0.133. The minimum Gasteiger partial charge on any atom is -0.301 e. The molecular weight excluding hydrogens is 194 g/mol. The van der Waals surface area contributed by atoms with Crippen LogP contribution in [-0.4, -0.2) is 31.5 Å². The lowest BCUT2D eigenvalue weighted by atomic mass is 10.1. The lowest BCUT2D eigenvalue weighted by Gasteiger charge is -2.18. The standard InChI is InChI=1S/C11H15NOS/c1-12(2)11(8-13)9-4-6-10(14-3)7-5-9/h4-8,11H,1-3H3. The molecule has 1 rings (SSSR count). The summed E-state index contributed by atoms with van der Waals surface area (Å²) in [6, 6.07) is 7.96. The van der Waals surface area contributed by atoms with E-state index in [1.54, 1.807) is 11.8 Å². The van der Waals surface area contributed by atoms with Crippen LogP contribution < -0.4 is 0 Å². The van der Waals surface area contributed by atoms with Crippen molar-refractivity contribution in [3.63, 3.8) is 0 Å². The normalized spacial score (nSPS) is 12.9. The highest BCUT2D eigenvalue weighted by Crippen LogP contribution is 2.20. The first-order chi connectivity index (χ1) is 6.69. The van der Waals surface area contributed by atoms with Crippen LogP contribution in [0.15, 0.2) is 29.2 Å². The molecule has 1 aromatic rings. The van der Waals surface area contributed by atoms with E-state index >= 15 is 0 Å². The van der Waals surface area contributed by atoms with Crippen LogP contribution in [0.1, 0.15) is 11.6 Å². The van der Waals surface area contributed by atoms with Gasteiger partial charge in [-0.3, -0.25) is 4.90 Å². The van der Waals surface area contributed by atoms with E-state index in [1.165, 1.54) is 4.90 Å². The SMILES string of the molecule is CSc1ccc(C(C=O)N(C)C)cc1. The average Bonchev–Trinajstić information content (AvgIpc) is 2.19. The molecule has 0 aromatic heterocycles. The van der Waals surface area contributed by atoms with Crippen molar-refractivity contribution >= 4 is 18.0 Å². The molecule has 3 heteroatoms. The summed E-state index contributed by atoms with van der Waals surface area (Å²) >= 11 is 1.70. The Bertz CT molecular complexity index is 295. The third-order valence-corrected chi connectivity index (χ3v) is 2.89. The van der Waals surface area contributed by atoms with Crippen molar-refractivity contribution < 1.29 is 4.79 Å². The fourth-order valence-corrected chi connectivity index (χ4v) is 1.71. The first-order valence-electron chi connectivity index (χ1n) is 4.44. The van der Waals surface area contributed by atoms with Gasteiger partial charge in [-0.1, -0.05) is 12.1 Å². The number of likely N-dealkylation sites (N-methyl/N-ethyl adjacent to an activating group) is 1. The molecule has 0 fully saturated rings. The Morgan fingerprint density at radius 2 is 1.86 bits per heavy atom. The lowest BCUT2D eigenvalue weighted by Crippen LogP contribution is -2.20.